The molecule has 1 aliphatic carbocycles. The lowest BCUT2D eigenvalue weighted by Crippen LogP contribution is -2.37. The molecule has 3 N–H and O–H groups in total. The molecule has 2 aromatic carbocycles. The minimum Gasteiger partial charge on any atom is -0.383 e. The molecule has 1 aliphatic heterocycles. The Labute approximate surface area is 224 Å². The molecule has 2 fully saturated rings. The van der Waals surface area contributed by atoms with Crippen LogP contribution in [0.2, 0.25) is 0 Å². The van der Waals surface area contributed by atoms with Gasteiger partial charge in [-0.15, -0.1) is 9.24 Å². The molecule has 0 amide bonds. The van der Waals surface area contributed by atoms with Gasteiger partial charge in [0.25, 0.3) is 0 Å². The van der Waals surface area contributed by atoms with Crippen molar-refractivity contribution in [2.75, 3.05) is 37.9 Å². The average molecular weight is 533 g/mol. The average Bonchev–Trinajstić information content (AvgIpc) is 3.54. The number of nitrogens with two attached hydrogens (primary N) is 1. The van der Waals surface area contributed by atoms with Gasteiger partial charge in [0, 0.05) is 31.2 Å². The molecule has 4 aromatic rings. The standard InChI is InChI=1S/C28H34FN8P/c1-35-12-13-36(17-35)20-5-7-21(8-6-20)37-28-25(27(30)32-16-33-28)26(34-37)19-4-11-24(23(29)14-19)31-15-18-2-9-22(38)10-3-18/h2-4,9-11,14,16,20-21,31H,5-8,12-13,15,17,38H2,1H3,(H2,30,32,33). The van der Waals surface area contributed by atoms with Gasteiger partial charge in [-0.3, -0.25) is 9.80 Å². The van der Waals surface area contributed by atoms with Crippen molar-refractivity contribution in [3.05, 3.63) is 60.2 Å². The Bertz CT molecular complexity index is 1430. The summed E-state index contributed by atoms with van der Waals surface area (Å²) in [4.78, 5) is 13.8. The highest BCUT2D eigenvalue weighted by atomic mass is 31.0. The summed E-state index contributed by atoms with van der Waals surface area (Å²) < 4.78 is 17.2. The van der Waals surface area contributed by atoms with E-state index in [-0.39, 0.29) is 11.9 Å². The highest BCUT2D eigenvalue weighted by molar-refractivity contribution is 7.27. The van der Waals surface area contributed by atoms with Crippen molar-refractivity contribution in [2.24, 2.45) is 0 Å². The molecule has 8 nitrogen and oxygen atoms in total. The normalized spacial score (nSPS) is 20.8. The zero-order chi connectivity index (χ0) is 26.2. The van der Waals surface area contributed by atoms with Crippen molar-refractivity contribution in [1.82, 2.24) is 29.5 Å². The van der Waals surface area contributed by atoms with Crippen molar-refractivity contribution in [1.29, 1.82) is 0 Å². The van der Waals surface area contributed by atoms with E-state index >= 15 is 4.39 Å². The molecule has 1 atom stereocenters. The monoisotopic (exact) mass is 532 g/mol. The van der Waals surface area contributed by atoms with Gasteiger partial charge < -0.3 is 11.1 Å². The van der Waals surface area contributed by atoms with E-state index in [1.807, 2.05) is 35.0 Å². The minimum absolute atomic E-state index is 0.232. The van der Waals surface area contributed by atoms with Gasteiger partial charge in [0.2, 0.25) is 0 Å². The van der Waals surface area contributed by atoms with Gasteiger partial charge in [-0.05, 0) is 55.7 Å². The predicted octanol–water partition coefficient (Wildman–Crippen LogP) is 4.02. The third-order valence-electron chi connectivity index (χ3n) is 7.94. The number of nitrogens with one attached hydrogen (secondary N) is 1. The zero-order valence-electron chi connectivity index (χ0n) is 21.6. The lowest BCUT2D eigenvalue weighted by Gasteiger charge is -2.34. The number of nitrogen functional groups attached to an aromatic ring is 1. The molecule has 198 valence electrons. The first kappa shape index (κ1) is 25.2. The number of hydrogen-bond donors (Lipinski definition) is 2. The molecule has 0 bridgehead atoms. The van der Waals surface area contributed by atoms with Crippen LogP contribution >= 0.6 is 9.24 Å². The van der Waals surface area contributed by atoms with E-state index in [1.165, 1.54) is 12.4 Å². The second kappa shape index (κ2) is 10.6. The Morgan fingerprint density at radius 3 is 2.50 bits per heavy atom. The van der Waals surface area contributed by atoms with Crippen LogP contribution in [0.4, 0.5) is 15.9 Å². The Hall–Kier alpha value is -3.13. The van der Waals surface area contributed by atoms with Gasteiger partial charge in [-0.2, -0.15) is 5.10 Å². The van der Waals surface area contributed by atoms with Crippen LogP contribution in [0, 0.1) is 5.82 Å². The third-order valence-corrected chi connectivity index (χ3v) is 8.33. The van der Waals surface area contributed by atoms with Crippen molar-refractivity contribution < 1.29 is 4.39 Å². The van der Waals surface area contributed by atoms with Crippen molar-refractivity contribution in [2.45, 2.75) is 44.3 Å². The highest BCUT2D eigenvalue weighted by Gasteiger charge is 2.31. The number of halogens is 1. The molecule has 6 rings (SSSR count). The maximum atomic E-state index is 15.2. The fraction of sp³-hybridized carbons (Fsp3) is 0.393. The fourth-order valence-electron chi connectivity index (χ4n) is 5.81. The molecule has 1 saturated carbocycles. The number of anilines is 2. The van der Waals surface area contributed by atoms with E-state index in [4.69, 9.17) is 10.8 Å². The Morgan fingerprint density at radius 2 is 1.79 bits per heavy atom. The summed E-state index contributed by atoms with van der Waals surface area (Å²) in [5.74, 6) is 0.0320. The summed E-state index contributed by atoms with van der Waals surface area (Å²) in [6.45, 7) is 3.87. The molecular weight excluding hydrogens is 498 g/mol. The van der Waals surface area contributed by atoms with Gasteiger partial charge in [0.15, 0.2) is 5.65 Å². The lowest BCUT2D eigenvalue weighted by molar-refractivity contribution is 0.145. The molecule has 1 unspecified atom stereocenters. The topological polar surface area (TPSA) is 88.1 Å². The molecule has 0 radical (unpaired) electrons. The van der Waals surface area contributed by atoms with Crippen LogP contribution in [0.15, 0.2) is 48.8 Å². The third kappa shape index (κ3) is 4.98. The number of likely N-dealkylation sites (N-methyl/N-ethyl adjacent to an activating group) is 1. The minimum atomic E-state index is -0.334. The number of benzene rings is 2. The van der Waals surface area contributed by atoms with E-state index < -0.39 is 0 Å². The van der Waals surface area contributed by atoms with E-state index in [0.29, 0.717) is 40.7 Å². The second-order valence-electron chi connectivity index (χ2n) is 10.5. The van der Waals surface area contributed by atoms with Crippen LogP contribution in [-0.4, -0.2) is 62.4 Å². The Balaban J connectivity index is 1.24. The lowest BCUT2D eigenvalue weighted by atomic mass is 9.90. The number of nitrogens with zero attached hydrogens (tertiary/aromatic N) is 6. The van der Waals surface area contributed by atoms with Gasteiger partial charge in [0.05, 0.1) is 23.8 Å². The largest absolute Gasteiger partial charge is 0.383 e. The molecule has 2 aliphatic rings. The number of hydrogen-bond acceptors (Lipinski definition) is 7. The highest BCUT2D eigenvalue weighted by Crippen LogP contribution is 2.37. The van der Waals surface area contributed by atoms with Crippen LogP contribution in [0.5, 0.6) is 0 Å². The first-order valence-corrected chi connectivity index (χ1v) is 13.8. The Kier molecular flexibility index (Phi) is 6.99. The summed E-state index contributed by atoms with van der Waals surface area (Å²) in [7, 11) is 4.85. The van der Waals surface area contributed by atoms with Crippen molar-refractivity contribution >= 4 is 37.1 Å². The molecule has 2 aromatic heterocycles. The first-order chi connectivity index (χ1) is 18.5. The summed E-state index contributed by atoms with van der Waals surface area (Å²) in [5, 5.41) is 9.98. The molecule has 3 heterocycles. The van der Waals surface area contributed by atoms with Crippen LogP contribution in [-0.2, 0) is 6.54 Å². The zero-order valence-corrected chi connectivity index (χ0v) is 22.8. The number of aromatic nitrogens is 4. The number of rotatable bonds is 6. The summed E-state index contributed by atoms with van der Waals surface area (Å²) >= 11 is 0. The second-order valence-corrected chi connectivity index (χ2v) is 11.2. The van der Waals surface area contributed by atoms with Gasteiger partial charge in [-0.1, -0.05) is 30.3 Å². The van der Waals surface area contributed by atoms with E-state index in [0.717, 1.165) is 62.0 Å². The molecular formula is C28H34FN8P. The summed E-state index contributed by atoms with van der Waals surface area (Å²) in [6, 6.07) is 14.1. The molecule has 0 spiro atoms. The summed E-state index contributed by atoms with van der Waals surface area (Å²) in [6.07, 6.45) is 5.80. The van der Waals surface area contributed by atoms with E-state index in [1.54, 1.807) is 6.07 Å². The predicted molar refractivity (Wildman–Crippen MR) is 154 cm³/mol. The Morgan fingerprint density at radius 1 is 1.03 bits per heavy atom. The fourth-order valence-corrected chi connectivity index (χ4v) is 6.00. The van der Waals surface area contributed by atoms with Gasteiger partial charge in [0.1, 0.15) is 23.7 Å². The van der Waals surface area contributed by atoms with Crippen LogP contribution in [0.3, 0.4) is 0 Å². The quantitative estimate of drug-likeness (QED) is 0.363. The first-order valence-electron chi connectivity index (χ1n) is 13.3. The van der Waals surface area contributed by atoms with Crippen molar-refractivity contribution in [3.63, 3.8) is 0 Å². The van der Waals surface area contributed by atoms with Crippen LogP contribution in [0.25, 0.3) is 22.3 Å². The molecule has 38 heavy (non-hydrogen) atoms. The smallest absolute Gasteiger partial charge is 0.164 e. The van der Waals surface area contributed by atoms with Crippen molar-refractivity contribution in [3.8, 4) is 11.3 Å². The molecule has 10 heteroatoms. The van der Waals surface area contributed by atoms with Gasteiger partial charge in [-0.25, -0.2) is 19.0 Å². The summed E-state index contributed by atoms with van der Waals surface area (Å²) in [5.41, 5.74) is 9.87. The SMILES string of the molecule is CN1CCN(C2CCC(n3nc(-c4ccc(NCc5ccc(P)cc5)c(F)c4)c4c(N)ncnc43)CC2)C1. The van der Waals surface area contributed by atoms with Crippen LogP contribution in [0.1, 0.15) is 37.3 Å². The maximum Gasteiger partial charge on any atom is 0.164 e. The van der Waals surface area contributed by atoms with Gasteiger partial charge >= 0.3 is 0 Å². The van der Waals surface area contributed by atoms with E-state index in [9.17, 15) is 0 Å². The van der Waals surface area contributed by atoms with Crippen LogP contribution < -0.4 is 16.4 Å². The number of fused-ring (bicyclic) bond motifs is 1. The molecule has 1 saturated heterocycles. The van der Waals surface area contributed by atoms with E-state index in [2.05, 4.69) is 41.4 Å². The maximum absolute atomic E-state index is 15.2.